The summed E-state index contributed by atoms with van der Waals surface area (Å²) in [4.78, 5) is 23.8. The molecule has 0 unspecified atom stereocenters. The van der Waals surface area contributed by atoms with Crippen LogP contribution < -0.4 is 20.1 Å². The van der Waals surface area contributed by atoms with E-state index < -0.39 is 6.10 Å². The molecule has 0 radical (unpaired) electrons. The molecule has 7 heteroatoms. The molecule has 7 nitrogen and oxygen atoms in total. The van der Waals surface area contributed by atoms with E-state index in [1.807, 2.05) is 64.1 Å². The van der Waals surface area contributed by atoms with Crippen molar-refractivity contribution in [1.29, 1.82) is 0 Å². The summed E-state index contributed by atoms with van der Waals surface area (Å²) in [5, 5.41) is 15.3. The Kier molecular flexibility index (Phi) is 9.34. The number of aryl methyl sites for hydroxylation is 4. The van der Waals surface area contributed by atoms with Crippen LogP contribution >= 0.6 is 0 Å². The molecule has 0 aliphatic heterocycles. The third kappa shape index (κ3) is 8.68. The van der Waals surface area contributed by atoms with E-state index >= 15 is 0 Å². The predicted molar refractivity (Wildman–Crippen MR) is 119 cm³/mol. The summed E-state index contributed by atoms with van der Waals surface area (Å²) in [6.07, 6.45) is -0.459. The molecule has 2 aromatic carbocycles. The fraction of sp³-hybridized carbons (Fsp3) is 0.417. The SMILES string of the molecule is Cc1ccc(OCC(=O)NCC[C@H](O)CNC(=O)COc2ccc(C)c(C)c2)cc1C. The third-order valence-corrected chi connectivity index (χ3v) is 5.03. The van der Waals surface area contributed by atoms with E-state index in [4.69, 9.17) is 9.47 Å². The third-order valence-electron chi connectivity index (χ3n) is 5.03. The lowest BCUT2D eigenvalue weighted by Gasteiger charge is -2.13. The number of ether oxygens (including phenoxy) is 2. The van der Waals surface area contributed by atoms with E-state index in [2.05, 4.69) is 10.6 Å². The molecule has 0 saturated carbocycles. The van der Waals surface area contributed by atoms with Gasteiger partial charge in [0, 0.05) is 13.1 Å². The highest BCUT2D eigenvalue weighted by atomic mass is 16.5. The summed E-state index contributed by atoms with van der Waals surface area (Å²) in [5.41, 5.74) is 4.51. The van der Waals surface area contributed by atoms with Gasteiger partial charge in [-0.05, 0) is 80.6 Å². The lowest BCUT2D eigenvalue weighted by Crippen LogP contribution is -2.37. The van der Waals surface area contributed by atoms with Gasteiger partial charge in [0.25, 0.3) is 11.8 Å². The molecule has 0 aliphatic rings. The minimum Gasteiger partial charge on any atom is -0.484 e. The first kappa shape index (κ1) is 24.2. The molecule has 3 N–H and O–H groups in total. The van der Waals surface area contributed by atoms with Gasteiger partial charge in [-0.25, -0.2) is 0 Å². The van der Waals surface area contributed by atoms with Crippen LogP contribution in [0.25, 0.3) is 0 Å². The Morgan fingerprint density at radius 1 is 0.806 bits per heavy atom. The quantitative estimate of drug-likeness (QED) is 0.511. The summed E-state index contributed by atoms with van der Waals surface area (Å²) < 4.78 is 10.9. The molecule has 0 aliphatic carbocycles. The van der Waals surface area contributed by atoms with Crippen LogP contribution in [0.3, 0.4) is 0 Å². The van der Waals surface area contributed by atoms with Crippen LogP contribution in [0.15, 0.2) is 36.4 Å². The average Bonchev–Trinajstić information content (AvgIpc) is 2.74. The van der Waals surface area contributed by atoms with Crippen molar-refractivity contribution in [2.45, 2.75) is 40.2 Å². The van der Waals surface area contributed by atoms with E-state index in [0.29, 0.717) is 17.9 Å². The largest absolute Gasteiger partial charge is 0.484 e. The number of nitrogens with one attached hydrogen (secondary N) is 2. The monoisotopic (exact) mass is 428 g/mol. The van der Waals surface area contributed by atoms with Crippen LogP contribution in [-0.4, -0.2) is 49.3 Å². The van der Waals surface area contributed by atoms with Gasteiger partial charge in [0.15, 0.2) is 13.2 Å². The predicted octanol–water partition coefficient (Wildman–Crippen LogP) is 2.36. The molecule has 2 rings (SSSR count). The highest BCUT2D eigenvalue weighted by Gasteiger charge is 2.10. The molecule has 31 heavy (non-hydrogen) atoms. The summed E-state index contributed by atoms with van der Waals surface area (Å²) >= 11 is 0. The van der Waals surface area contributed by atoms with E-state index in [1.54, 1.807) is 0 Å². The average molecular weight is 429 g/mol. The first-order chi connectivity index (χ1) is 14.7. The minimum atomic E-state index is -0.772. The number of hydrogen-bond donors (Lipinski definition) is 3. The molecule has 0 bridgehead atoms. The summed E-state index contributed by atoms with van der Waals surface area (Å²) in [7, 11) is 0. The Balaban J connectivity index is 1.57. The fourth-order valence-corrected chi connectivity index (χ4v) is 2.72. The summed E-state index contributed by atoms with van der Waals surface area (Å²) in [5.74, 6) is 0.688. The Morgan fingerprint density at radius 3 is 1.77 bits per heavy atom. The maximum Gasteiger partial charge on any atom is 0.258 e. The zero-order valence-corrected chi connectivity index (χ0v) is 18.7. The van der Waals surface area contributed by atoms with Crippen LogP contribution in [0.4, 0.5) is 0 Å². The van der Waals surface area contributed by atoms with Crippen LogP contribution in [0.5, 0.6) is 11.5 Å². The number of carbonyl (C=O) groups excluding carboxylic acids is 2. The van der Waals surface area contributed by atoms with Gasteiger partial charge in [-0.3, -0.25) is 9.59 Å². The zero-order chi connectivity index (χ0) is 22.8. The molecule has 0 fully saturated rings. The van der Waals surface area contributed by atoms with Gasteiger partial charge in [0.05, 0.1) is 6.10 Å². The van der Waals surface area contributed by atoms with Crippen LogP contribution in [0.2, 0.25) is 0 Å². The van der Waals surface area contributed by atoms with Gasteiger partial charge >= 0.3 is 0 Å². The van der Waals surface area contributed by atoms with Gasteiger partial charge in [0.1, 0.15) is 11.5 Å². The molecule has 1 atom stereocenters. The highest BCUT2D eigenvalue weighted by Crippen LogP contribution is 2.17. The van der Waals surface area contributed by atoms with E-state index in [0.717, 1.165) is 22.3 Å². The van der Waals surface area contributed by atoms with E-state index in [9.17, 15) is 14.7 Å². The fourth-order valence-electron chi connectivity index (χ4n) is 2.72. The number of aliphatic hydroxyl groups is 1. The zero-order valence-electron chi connectivity index (χ0n) is 18.7. The number of amides is 2. The smallest absolute Gasteiger partial charge is 0.258 e. The van der Waals surface area contributed by atoms with Crippen molar-refractivity contribution >= 4 is 11.8 Å². The van der Waals surface area contributed by atoms with Crippen molar-refractivity contribution in [3.63, 3.8) is 0 Å². The van der Waals surface area contributed by atoms with Crippen molar-refractivity contribution in [3.8, 4) is 11.5 Å². The molecule has 2 amide bonds. The van der Waals surface area contributed by atoms with Crippen molar-refractivity contribution in [1.82, 2.24) is 10.6 Å². The van der Waals surface area contributed by atoms with Crippen molar-refractivity contribution < 1.29 is 24.2 Å². The van der Waals surface area contributed by atoms with E-state index in [1.165, 1.54) is 0 Å². The van der Waals surface area contributed by atoms with Gasteiger partial charge < -0.3 is 25.2 Å². The summed E-state index contributed by atoms with van der Waals surface area (Å²) in [6, 6.07) is 11.3. The number of rotatable bonds is 11. The van der Waals surface area contributed by atoms with Gasteiger partial charge in [-0.2, -0.15) is 0 Å². The number of benzene rings is 2. The second kappa shape index (κ2) is 12.0. The van der Waals surface area contributed by atoms with Crippen molar-refractivity contribution in [3.05, 3.63) is 58.7 Å². The number of hydrogen-bond acceptors (Lipinski definition) is 5. The molecular weight excluding hydrogens is 396 g/mol. The highest BCUT2D eigenvalue weighted by molar-refractivity contribution is 5.78. The molecule has 2 aromatic rings. The molecule has 0 saturated heterocycles. The number of aliphatic hydroxyl groups excluding tert-OH is 1. The maximum absolute atomic E-state index is 11.9. The first-order valence-electron chi connectivity index (χ1n) is 10.4. The molecule has 168 valence electrons. The Labute approximate surface area is 183 Å². The lowest BCUT2D eigenvalue weighted by molar-refractivity contribution is -0.124. The molecule has 0 spiro atoms. The Bertz CT molecular complexity index is 898. The van der Waals surface area contributed by atoms with Gasteiger partial charge in [0.2, 0.25) is 0 Å². The number of carbonyl (C=O) groups is 2. The Morgan fingerprint density at radius 2 is 1.29 bits per heavy atom. The minimum absolute atomic E-state index is 0.0874. The molecular formula is C24H32N2O5. The Hall–Kier alpha value is -3.06. The van der Waals surface area contributed by atoms with Crippen LogP contribution in [-0.2, 0) is 9.59 Å². The molecule has 0 aromatic heterocycles. The van der Waals surface area contributed by atoms with Gasteiger partial charge in [-0.1, -0.05) is 12.1 Å². The second-order valence-corrected chi connectivity index (χ2v) is 7.67. The molecule has 0 heterocycles. The van der Waals surface area contributed by atoms with Crippen molar-refractivity contribution in [2.75, 3.05) is 26.3 Å². The first-order valence-corrected chi connectivity index (χ1v) is 10.4. The van der Waals surface area contributed by atoms with Crippen molar-refractivity contribution in [2.24, 2.45) is 0 Å². The lowest BCUT2D eigenvalue weighted by atomic mass is 10.1. The summed E-state index contributed by atoms with van der Waals surface area (Å²) in [6.45, 7) is 8.14. The second-order valence-electron chi connectivity index (χ2n) is 7.67. The van der Waals surface area contributed by atoms with Crippen LogP contribution in [0.1, 0.15) is 28.7 Å². The maximum atomic E-state index is 11.9. The van der Waals surface area contributed by atoms with Gasteiger partial charge in [-0.15, -0.1) is 0 Å². The standard InChI is InChI=1S/C24H32N2O5/c1-16-5-7-21(11-18(16)3)30-14-23(28)25-10-9-20(27)13-26-24(29)15-31-22-8-6-17(2)19(4)12-22/h5-8,11-12,20,27H,9-10,13-15H2,1-4H3,(H,25,28)(H,26,29)/t20-/m0/s1. The van der Waals surface area contributed by atoms with E-state index in [-0.39, 0.29) is 38.1 Å². The van der Waals surface area contributed by atoms with Crippen LogP contribution in [0, 0.1) is 27.7 Å². The normalized spacial score (nSPS) is 11.5. The topological polar surface area (TPSA) is 96.9 Å².